The molecule has 0 bridgehead atoms. The molecule has 1 aliphatic heterocycles. The Bertz CT molecular complexity index is 3290. The zero-order valence-electron chi connectivity index (χ0n) is 29.1. The molecule has 4 heterocycles. The molecule has 252 valence electrons. The third kappa shape index (κ3) is 4.09. The number of hydrogen-bond donors (Lipinski definition) is 1. The van der Waals surface area contributed by atoms with Crippen LogP contribution in [0.15, 0.2) is 186 Å². The van der Waals surface area contributed by atoms with Gasteiger partial charge in [-0.05, 0) is 35.7 Å². The highest BCUT2D eigenvalue weighted by molar-refractivity contribution is 6.31. The molecule has 0 saturated carbocycles. The van der Waals surface area contributed by atoms with Crippen LogP contribution in [-0.2, 0) is 0 Å². The van der Waals surface area contributed by atoms with Crippen LogP contribution in [0.4, 0.5) is 0 Å². The minimum Gasteiger partial charge on any atom is -0.324 e. The van der Waals surface area contributed by atoms with Gasteiger partial charge in [-0.15, -0.1) is 0 Å². The molecule has 54 heavy (non-hydrogen) atoms. The normalized spacial score (nSPS) is 13.9. The third-order valence-electron chi connectivity index (χ3n) is 11.3. The van der Waals surface area contributed by atoms with Crippen molar-refractivity contribution in [2.75, 3.05) is 0 Å². The number of fused-ring (bicyclic) bond motifs is 12. The number of aromatic nitrogens is 2. The molecule has 5 nitrogen and oxygen atoms in total. The predicted molar refractivity (Wildman–Crippen MR) is 225 cm³/mol. The molecule has 0 aliphatic carbocycles. The van der Waals surface area contributed by atoms with Gasteiger partial charge in [0.25, 0.3) is 0 Å². The Morgan fingerprint density at radius 2 is 0.944 bits per heavy atom. The summed E-state index contributed by atoms with van der Waals surface area (Å²) in [5.74, 6) is 1.62. The number of amidine groups is 2. The Kier molecular flexibility index (Phi) is 6.05. The summed E-state index contributed by atoms with van der Waals surface area (Å²) < 4.78 is 4.91. The molecule has 8 aromatic carbocycles. The van der Waals surface area contributed by atoms with E-state index in [1.165, 1.54) is 70.7 Å². The highest BCUT2D eigenvalue weighted by atomic mass is 15.2. The smallest absolute Gasteiger partial charge is 0.169 e. The molecule has 1 aliphatic rings. The quantitative estimate of drug-likeness (QED) is 0.196. The Balaban J connectivity index is 1.08. The summed E-state index contributed by atoms with van der Waals surface area (Å²) in [4.78, 5) is 10.4. The van der Waals surface area contributed by atoms with Crippen LogP contribution in [-0.4, -0.2) is 20.6 Å². The van der Waals surface area contributed by atoms with Gasteiger partial charge < -0.3 is 14.3 Å². The van der Waals surface area contributed by atoms with Gasteiger partial charge >= 0.3 is 0 Å². The van der Waals surface area contributed by atoms with Gasteiger partial charge in [0.05, 0.1) is 27.6 Å². The van der Waals surface area contributed by atoms with E-state index in [9.17, 15) is 0 Å². The van der Waals surface area contributed by atoms with Crippen LogP contribution in [0, 0.1) is 0 Å². The van der Waals surface area contributed by atoms with Crippen LogP contribution in [0.5, 0.6) is 0 Å². The lowest BCUT2D eigenvalue weighted by Gasteiger charge is -2.22. The van der Waals surface area contributed by atoms with Crippen LogP contribution in [0.2, 0.25) is 0 Å². The second kappa shape index (κ2) is 11.1. The van der Waals surface area contributed by atoms with Gasteiger partial charge in [0.15, 0.2) is 6.17 Å². The summed E-state index contributed by atoms with van der Waals surface area (Å²) in [6, 6.07) is 63.0. The molecule has 3 aromatic heterocycles. The monoisotopic (exact) mass is 689 g/mol. The number of rotatable bonds is 4. The van der Waals surface area contributed by atoms with Crippen molar-refractivity contribution in [1.82, 2.24) is 14.3 Å². The number of nitrogens with zero attached hydrogens (tertiary/aromatic N) is 4. The van der Waals surface area contributed by atoms with Gasteiger partial charge in [0.1, 0.15) is 11.7 Å². The van der Waals surface area contributed by atoms with Crippen LogP contribution < -0.4 is 5.32 Å². The third-order valence-corrected chi connectivity index (χ3v) is 11.3. The first-order valence-electron chi connectivity index (χ1n) is 18.5. The Morgan fingerprint density at radius 3 is 1.69 bits per heavy atom. The average molecular weight is 690 g/mol. The second-order valence-corrected chi connectivity index (χ2v) is 14.2. The zero-order chi connectivity index (χ0) is 35.3. The van der Waals surface area contributed by atoms with E-state index in [1.807, 2.05) is 36.4 Å². The van der Waals surface area contributed by atoms with Gasteiger partial charge in [-0.3, -0.25) is 0 Å². The molecule has 0 spiro atoms. The van der Waals surface area contributed by atoms with Crippen molar-refractivity contribution in [1.29, 1.82) is 0 Å². The van der Waals surface area contributed by atoms with E-state index in [2.05, 4.69) is 154 Å². The maximum atomic E-state index is 5.18. The minimum absolute atomic E-state index is 0.414. The molecule has 0 saturated heterocycles. The highest BCUT2D eigenvalue weighted by Crippen LogP contribution is 2.44. The summed E-state index contributed by atoms with van der Waals surface area (Å²) in [6.07, 6.45) is -0.414. The van der Waals surface area contributed by atoms with Gasteiger partial charge in [0, 0.05) is 60.1 Å². The topological polar surface area (TPSA) is 46.1 Å². The van der Waals surface area contributed by atoms with E-state index in [-0.39, 0.29) is 0 Å². The molecule has 0 fully saturated rings. The van der Waals surface area contributed by atoms with Crippen molar-refractivity contribution in [3.63, 3.8) is 0 Å². The first-order chi connectivity index (χ1) is 26.8. The van der Waals surface area contributed by atoms with Crippen LogP contribution in [0.3, 0.4) is 0 Å². The van der Waals surface area contributed by atoms with Gasteiger partial charge in [-0.2, -0.15) is 0 Å². The summed E-state index contributed by atoms with van der Waals surface area (Å²) in [5, 5.41) is 13.7. The number of aliphatic imine (C=N–C) groups is 2. The molecule has 12 rings (SSSR count). The van der Waals surface area contributed by atoms with Gasteiger partial charge in [-0.25, -0.2) is 9.98 Å². The number of para-hydroxylation sites is 3. The van der Waals surface area contributed by atoms with E-state index in [4.69, 9.17) is 9.98 Å². The van der Waals surface area contributed by atoms with Crippen molar-refractivity contribution in [3.05, 3.63) is 193 Å². The van der Waals surface area contributed by atoms with Gasteiger partial charge in [0.2, 0.25) is 0 Å². The lowest BCUT2D eigenvalue weighted by molar-refractivity contribution is 0.755. The van der Waals surface area contributed by atoms with E-state index in [0.717, 1.165) is 34.0 Å². The summed E-state index contributed by atoms with van der Waals surface area (Å²) in [6.45, 7) is 0. The van der Waals surface area contributed by atoms with Crippen LogP contribution in [0.25, 0.3) is 76.4 Å². The number of benzene rings is 8. The first kappa shape index (κ1) is 29.3. The van der Waals surface area contributed by atoms with Crippen molar-refractivity contribution in [2.24, 2.45) is 9.98 Å². The minimum atomic E-state index is -0.414. The van der Waals surface area contributed by atoms with E-state index in [1.54, 1.807) is 0 Å². The fourth-order valence-electron chi connectivity index (χ4n) is 8.97. The number of hydrogen-bond acceptors (Lipinski definition) is 3. The standard InChI is InChI=1S/C49H31N5/c1-3-13-30(14-4-1)47-50-48(31-15-5-2-6-16-31)52-49(51-47)32-17-11-18-33(29-32)53-42-24-10-8-20-40(42)44-35-25-26-39-37-22-12-21-36-34-19-7-9-23-41(34)54(45(36)37)46(39)38(35)27-28-43(44)53/h1-29,49H,(H,50,51,52). The molecule has 5 heteroatoms. The van der Waals surface area contributed by atoms with Gasteiger partial charge in [-0.1, -0.05) is 146 Å². The molecular formula is C49H31N5. The van der Waals surface area contributed by atoms with Crippen LogP contribution >= 0.6 is 0 Å². The first-order valence-corrected chi connectivity index (χ1v) is 18.5. The van der Waals surface area contributed by atoms with E-state index in [0.29, 0.717) is 0 Å². The zero-order valence-corrected chi connectivity index (χ0v) is 29.1. The van der Waals surface area contributed by atoms with Crippen molar-refractivity contribution in [2.45, 2.75) is 6.17 Å². The fraction of sp³-hybridized carbons (Fsp3) is 0.0204. The molecule has 0 amide bonds. The predicted octanol–water partition coefficient (Wildman–Crippen LogP) is 11.6. The Labute approximate surface area is 310 Å². The van der Waals surface area contributed by atoms with Crippen LogP contribution in [0.1, 0.15) is 22.9 Å². The van der Waals surface area contributed by atoms with Crippen molar-refractivity contribution >= 4 is 82.3 Å². The summed E-state index contributed by atoms with van der Waals surface area (Å²) in [5.41, 5.74) is 10.3. The largest absolute Gasteiger partial charge is 0.324 e. The summed E-state index contributed by atoms with van der Waals surface area (Å²) >= 11 is 0. The molecule has 1 N–H and O–H groups in total. The SMILES string of the molecule is c1ccc(C2=NC(c3cccc(-n4c5ccccc5c5c6ccc7c8cccc9c%10ccccc%10n(c7c6ccc54)c98)c3)N=C(c3ccccc3)N2)cc1. The molecule has 11 aromatic rings. The lowest BCUT2D eigenvalue weighted by Crippen LogP contribution is -2.36. The fourth-order valence-corrected chi connectivity index (χ4v) is 8.97. The Hall–Kier alpha value is -7.24. The molecule has 0 unspecified atom stereocenters. The van der Waals surface area contributed by atoms with Crippen molar-refractivity contribution < 1.29 is 0 Å². The molecular weight excluding hydrogens is 659 g/mol. The maximum Gasteiger partial charge on any atom is 0.169 e. The molecule has 0 atom stereocenters. The molecule has 0 radical (unpaired) electrons. The maximum absolute atomic E-state index is 5.18. The lowest BCUT2D eigenvalue weighted by atomic mass is 10.00. The highest BCUT2D eigenvalue weighted by Gasteiger charge is 2.23. The van der Waals surface area contributed by atoms with E-state index < -0.39 is 6.17 Å². The average Bonchev–Trinajstić information content (AvgIpc) is 3.90. The number of nitrogens with one attached hydrogen (secondary N) is 1. The summed E-state index contributed by atoms with van der Waals surface area (Å²) in [7, 11) is 0. The second-order valence-electron chi connectivity index (χ2n) is 14.2. The van der Waals surface area contributed by atoms with E-state index >= 15 is 0 Å². The Morgan fingerprint density at radius 1 is 0.407 bits per heavy atom. The van der Waals surface area contributed by atoms with Crippen molar-refractivity contribution in [3.8, 4) is 5.69 Å².